The second-order valence-corrected chi connectivity index (χ2v) is 16.7. The number of carbonyl (C=O) groups is 4. The number of methoxy groups -OCH3 is 1. The van der Waals surface area contributed by atoms with Crippen molar-refractivity contribution >= 4 is 23.9 Å². The Bertz CT molecular complexity index is 1690. The molecule has 13 heteroatoms. The quantitative estimate of drug-likeness (QED) is 0.299. The van der Waals surface area contributed by atoms with E-state index in [9.17, 15) is 24.3 Å². The first-order valence-corrected chi connectivity index (χ1v) is 19.8. The van der Waals surface area contributed by atoms with Crippen LogP contribution in [0.3, 0.4) is 0 Å². The number of carbonyl (C=O) groups excluding carboxylic acids is 3. The van der Waals surface area contributed by atoms with E-state index >= 15 is 0 Å². The highest BCUT2D eigenvalue weighted by atomic mass is 16.6. The molecule has 0 aromatic heterocycles. The van der Waals surface area contributed by atoms with E-state index in [4.69, 9.17) is 18.9 Å². The van der Waals surface area contributed by atoms with E-state index in [0.29, 0.717) is 62.7 Å². The zero-order valence-corrected chi connectivity index (χ0v) is 33.1. The molecule has 4 saturated heterocycles. The Labute approximate surface area is 324 Å². The zero-order chi connectivity index (χ0) is 39.4. The third-order valence-corrected chi connectivity index (χ3v) is 11.7. The van der Waals surface area contributed by atoms with Gasteiger partial charge in [-0.2, -0.15) is 0 Å². The Morgan fingerprint density at radius 2 is 1.71 bits per heavy atom. The number of carboxylic acids is 1. The van der Waals surface area contributed by atoms with Crippen LogP contribution in [0.15, 0.2) is 42.5 Å². The maximum absolute atomic E-state index is 13.9. The molecule has 1 atom stereocenters. The molecule has 5 fully saturated rings. The second kappa shape index (κ2) is 16.8. The molecule has 0 spiro atoms. The van der Waals surface area contributed by atoms with Crippen LogP contribution in [0.2, 0.25) is 0 Å². The topological polar surface area (TPSA) is 138 Å². The number of ether oxygens (including phenoxy) is 4. The number of rotatable bonds is 12. The highest BCUT2D eigenvalue weighted by molar-refractivity contribution is 5.94. The van der Waals surface area contributed by atoms with Crippen molar-refractivity contribution in [1.29, 1.82) is 0 Å². The number of carboxylic acid groups (broad SMARTS) is 1. The predicted molar refractivity (Wildman–Crippen MR) is 205 cm³/mol. The highest BCUT2D eigenvalue weighted by Crippen LogP contribution is 2.49. The van der Waals surface area contributed by atoms with Gasteiger partial charge in [-0.05, 0) is 96.0 Å². The molecule has 13 nitrogen and oxygen atoms in total. The maximum atomic E-state index is 13.9. The number of nitrogens with zero attached hydrogens (tertiary/aromatic N) is 4. The lowest BCUT2D eigenvalue weighted by Gasteiger charge is -2.53. The van der Waals surface area contributed by atoms with Crippen LogP contribution < -0.4 is 9.47 Å². The van der Waals surface area contributed by atoms with Gasteiger partial charge in [0, 0.05) is 68.9 Å². The molecule has 2 aromatic carbocycles. The molecule has 4 heterocycles. The van der Waals surface area contributed by atoms with Gasteiger partial charge in [0.15, 0.2) is 0 Å². The Morgan fingerprint density at radius 1 is 0.964 bits per heavy atom. The smallest absolute Gasteiger partial charge is 0.411 e. The van der Waals surface area contributed by atoms with Crippen molar-refractivity contribution in [3.05, 3.63) is 59.2 Å². The van der Waals surface area contributed by atoms with E-state index in [0.717, 1.165) is 56.4 Å². The molecular formula is C42H58N4O9. The van der Waals surface area contributed by atoms with Gasteiger partial charge >= 0.3 is 12.1 Å². The van der Waals surface area contributed by atoms with Crippen molar-refractivity contribution in [3.8, 4) is 11.5 Å². The summed E-state index contributed by atoms with van der Waals surface area (Å²) in [7, 11) is 1.58. The number of hydrogen-bond donors (Lipinski definition) is 1. The van der Waals surface area contributed by atoms with Gasteiger partial charge in [-0.1, -0.05) is 12.1 Å². The van der Waals surface area contributed by atoms with Gasteiger partial charge in [0.2, 0.25) is 5.91 Å². The van der Waals surface area contributed by atoms with Crippen molar-refractivity contribution in [2.24, 2.45) is 5.41 Å². The average Bonchev–Trinajstić information content (AvgIpc) is 3.18. The largest absolute Gasteiger partial charge is 0.497 e. The number of aliphatic carboxylic acids is 1. The number of fused-ring (bicyclic) bond motifs is 3. The Hall–Kier alpha value is -4.36. The first kappa shape index (κ1) is 40.3. The van der Waals surface area contributed by atoms with Crippen molar-refractivity contribution in [2.75, 3.05) is 72.7 Å². The van der Waals surface area contributed by atoms with E-state index in [-0.39, 0.29) is 43.0 Å². The second-order valence-electron chi connectivity index (χ2n) is 16.7. The summed E-state index contributed by atoms with van der Waals surface area (Å²) >= 11 is 0. The average molecular weight is 763 g/mol. The van der Waals surface area contributed by atoms with Gasteiger partial charge in [0.05, 0.1) is 37.9 Å². The van der Waals surface area contributed by atoms with Crippen molar-refractivity contribution in [2.45, 2.75) is 89.9 Å². The molecular weight excluding hydrogens is 704 g/mol. The molecule has 0 radical (unpaired) electrons. The van der Waals surface area contributed by atoms with Crippen LogP contribution in [0.25, 0.3) is 0 Å². The number of hydrogen-bond acceptors (Lipinski definition) is 9. The number of likely N-dealkylation sites (tertiary alicyclic amines) is 1. The molecule has 7 rings (SSSR count). The summed E-state index contributed by atoms with van der Waals surface area (Å²) < 4.78 is 23.2. The molecule has 1 aliphatic carbocycles. The number of benzene rings is 2. The van der Waals surface area contributed by atoms with E-state index in [2.05, 4.69) is 4.90 Å². The Balaban J connectivity index is 1.06. The molecule has 300 valence electrons. The third kappa shape index (κ3) is 9.55. The molecule has 1 N–H and O–H groups in total. The lowest BCUT2D eigenvalue weighted by Crippen LogP contribution is -2.60. The van der Waals surface area contributed by atoms with Crippen LogP contribution in [-0.4, -0.2) is 132 Å². The van der Waals surface area contributed by atoms with Gasteiger partial charge in [0.25, 0.3) is 5.91 Å². The minimum Gasteiger partial charge on any atom is -0.497 e. The molecule has 2 aromatic rings. The van der Waals surface area contributed by atoms with Crippen LogP contribution >= 0.6 is 0 Å². The maximum Gasteiger partial charge on any atom is 0.411 e. The summed E-state index contributed by atoms with van der Waals surface area (Å²) in [6, 6.07) is 13.2. The van der Waals surface area contributed by atoms with Crippen LogP contribution in [0.1, 0.15) is 93.6 Å². The monoisotopic (exact) mass is 762 g/mol. The first-order valence-electron chi connectivity index (χ1n) is 19.8. The Morgan fingerprint density at radius 3 is 2.35 bits per heavy atom. The lowest BCUT2D eigenvalue weighted by molar-refractivity contribution is -0.206. The normalized spacial score (nSPS) is 24.3. The summed E-state index contributed by atoms with van der Waals surface area (Å²) in [5.74, 6) is 0.347. The molecule has 55 heavy (non-hydrogen) atoms. The standard InChI is InChI=1S/C42H58N4O9/c1-6-53-35-24-34(52-5)13-12-33(35)26-46(39(51)55-40(2,3)4)27-36(47)45-18-8-11-32(25-45)30-9-7-10-31(23-30)37(48)44-21-19-43(20-22-44)28-42-16-14-41(15-17-42,29-54-42)38(49)50/h7,9-10,12-13,23-24,32H,6,8,11,14-22,25-29H2,1-5H3,(H,49,50). The van der Waals surface area contributed by atoms with Crippen LogP contribution in [-0.2, 0) is 25.6 Å². The van der Waals surface area contributed by atoms with Gasteiger partial charge in [-0.3, -0.25) is 24.2 Å². The predicted octanol–water partition coefficient (Wildman–Crippen LogP) is 5.41. The minimum absolute atomic E-state index is 0.000754. The van der Waals surface area contributed by atoms with Crippen molar-refractivity contribution in [3.63, 3.8) is 0 Å². The summed E-state index contributed by atoms with van der Waals surface area (Å²) in [5, 5.41) is 9.70. The minimum atomic E-state index is -0.744. The Kier molecular flexibility index (Phi) is 12.3. The molecule has 1 unspecified atom stereocenters. The summed E-state index contributed by atoms with van der Waals surface area (Å²) in [6.45, 7) is 12.5. The first-order chi connectivity index (χ1) is 26.2. The third-order valence-electron chi connectivity index (χ3n) is 11.7. The SMILES string of the molecule is CCOc1cc(OC)ccc1CN(CC(=O)N1CCCC(c2cccc(C(=O)N3CCN(CC45CCC(C(=O)O)(CC4)CO5)CC3)c2)C1)C(=O)OC(C)(C)C. The highest BCUT2D eigenvalue weighted by Gasteiger charge is 2.54. The van der Waals surface area contributed by atoms with Crippen molar-refractivity contribution in [1.82, 2.24) is 19.6 Å². The molecule has 4 aliphatic heterocycles. The van der Waals surface area contributed by atoms with E-state index in [1.54, 1.807) is 40.0 Å². The van der Waals surface area contributed by atoms with Crippen LogP contribution in [0.5, 0.6) is 11.5 Å². The van der Waals surface area contributed by atoms with E-state index in [1.165, 1.54) is 4.90 Å². The van der Waals surface area contributed by atoms with Crippen LogP contribution in [0.4, 0.5) is 4.79 Å². The zero-order valence-electron chi connectivity index (χ0n) is 33.1. The fourth-order valence-corrected chi connectivity index (χ4v) is 8.41. The van der Waals surface area contributed by atoms with Crippen LogP contribution in [0, 0.1) is 5.41 Å². The summed E-state index contributed by atoms with van der Waals surface area (Å²) in [6.07, 6.45) is 3.95. The molecule has 5 aliphatic rings. The fourth-order valence-electron chi connectivity index (χ4n) is 8.41. The van der Waals surface area contributed by atoms with Gasteiger partial charge in [-0.25, -0.2) is 4.79 Å². The lowest BCUT2D eigenvalue weighted by atomic mass is 9.66. The fraction of sp³-hybridized carbons (Fsp3) is 0.619. The molecule has 3 amide bonds. The van der Waals surface area contributed by atoms with Gasteiger partial charge in [0.1, 0.15) is 23.6 Å². The number of piperazine rings is 1. The van der Waals surface area contributed by atoms with Gasteiger partial charge in [-0.15, -0.1) is 0 Å². The van der Waals surface area contributed by atoms with E-state index in [1.807, 2.05) is 47.1 Å². The van der Waals surface area contributed by atoms with E-state index < -0.39 is 23.1 Å². The molecule has 1 saturated carbocycles. The molecule has 2 bridgehead atoms. The number of amides is 3. The number of piperidine rings is 1. The van der Waals surface area contributed by atoms with Gasteiger partial charge < -0.3 is 33.9 Å². The summed E-state index contributed by atoms with van der Waals surface area (Å²) in [4.78, 5) is 60.5. The van der Waals surface area contributed by atoms with Crippen molar-refractivity contribution < 1.29 is 43.2 Å². The summed E-state index contributed by atoms with van der Waals surface area (Å²) in [5.41, 5.74) is 0.649.